The Hall–Kier alpha value is -1.36. The zero-order valence-electron chi connectivity index (χ0n) is 9.17. The number of halogens is 3. The molecular formula is C11H13F3N2. The van der Waals surface area contributed by atoms with Gasteiger partial charge in [-0.1, -0.05) is 0 Å². The maximum atomic E-state index is 13.1. The average Bonchev–Trinajstić information content (AvgIpc) is 2.23. The molecule has 0 saturated heterocycles. The molecule has 88 valence electrons. The highest BCUT2D eigenvalue weighted by molar-refractivity contribution is 5.79. The lowest BCUT2D eigenvalue weighted by Crippen LogP contribution is -2.15. The molecule has 0 fully saturated rings. The summed E-state index contributed by atoms with van der Waals surface area (Å²) < 4.78 is 38.5. The van der Waals surface area contributed by atoms with Gasteiger partial charge in [0.15, 0.2) is 17.5 Å². The van der Waals surface area contributed by atoms with Crippen LogP contribution in [0.2, 0.25) is 0 Å². The van der Waals surface area contributed by atoms with Crippen molar-refractivity contribution in [3.05, 3.63) is 35.1 Å². The Kier molecular flexibility index (Phi) is 4.49. The van der Waals surface area contributed by atoms with Crippen molar-refractivity contribution in [2.45, 2.75) is 0 Å². The predicted molar refractivity (Wildman–Crippen MR) is 57.3 cm³/mol. The molecule has 0 radical (unpaired) electrons. The summed E-state index contributed by atoms with van der Waals surface area (Å²) in [6.45, 7) is 1.19. The first-order chi connectivity index (χ1) is 7.52. The van der Waals surface area contributed by atoms with Gasteiger partial charge >= 0.3 is 0 Å². The molecule has 0 saturated carbocycles. The maximum absolute atomic E-state index is 13.1. The molecule has 1 aromatic carbocycles. The Morgan fingerprint density at radius 2 is 1.88 bits per heavy atom. The van der Waals surface area contributed by atoms with Gasteiger partial charge in [-0.15, -0.1) is 0 Å². The summed E-state index contributed by atoms with van der Waals surface area (Å²) >= 11 is 0. The van der Waals surface area contributed by atoms with Crippen LogP contribution < -0.4 is 0 Å². The highest BCUT2D eigenvalue weighted by atomic mass is 19.2. The van der Waals surface area contributed by atoms with Crippen molar-refractivity contribution in [2.75, 3.05) is 27.2 Å². The fourth-order valence-corrected chi connectivity index (χ4v) is 1.06. The molecule has 16 heavy (non-hydrogen) atoms. The van der Waals surface area contributed by atoms with E-state index >= 15 is 0 Å². The van der Waals surface area contributed by atoms with Gasteiger partial charge in [0.05, 0.1) is 6.54 Å². The van der Waals surface area contributed by atoms with Crippen molar-refractivity contribution in [3.8, 4) is 0 Å². The molecule has 5 heteroatoms. The molecule has 0 atom stereocenters. The third-order valence-corrected chi connectivity index (χ3v) is 1.97. The van der Waals surface area contributed by atoms with Crippen molar-refractivity contribution in [1.82, 2.24) is 4.90 Å². The fourth-order valence-electron chi connectivity index (χ4n) is 1.06. The summed E-state index contributed by atoms with van der Waals surface area (Å²) in [5, 5.41) is 0. The third-order valence-electron chi connectivity index (χ3n) is 1.97. The Labute approximate surface area is 92.4 Å². The molecular weight excluding hydrogens is 217 g/mol. The van der Waals surface area contributed by atoms with Crippen LogP contribution in [0, 0.1) is 17.5 Å². The topological polar surface area (TPSA) is 15.6 Å². The Bertz CT molecular complexity index is 389. The van der Waals surface area contributed by atoms with E-state index in [2.05, 4.69) is 4.99 Å². The summed E-state index contributed by atoms with van der Waals surface area (Å²) in [7, 11) is 3.77. The quantitative estimate of drug-likeness (QED) is 0.571. The van der Waals surface area contributed by atoms with Crippen LogP contribution in [0.3, 0.4) is 0 Å². The SMILES string of the molecule is CN(C)CCN=Cc1ccc(F)c(F)c1F. The summed E-state index contributed by atoms with van der Waals surface area (Å²) in [6, 6.07) is 2.04. The van der Waals surface area contributed by atoms with Gasteiger partial charge in [0.2, 0.25) is 0 Å². The van der Waals surface area contributed by atoms with Crippen LogP contribution in [0.25, 0.3) is 0 Å². The van der Waals surface area contributed by atoms with Crippen LogP contribution in [0.4, 0.5) is 13.2 Å². The molecule has 1 aromatic rings. The van der Waals surface area contributed by atoms with Gasteiger partial charge in [-0.25, -0.2) is 13.2 Å². The molecule has 1 rings (SSSR count). The maximum Gasteiger partial charge on any atom is 0.195 e. The molecule has 0 aliphatic rings. The van der Waals surface area contributed by atoms with Crippen molar-refractivity contribution < 1.29 is 13.2 Å². The van der Waals surface area contributed by atoms with Crippen LogP contribution in [-0.4, -0.2) is 38.3 Å². The number of likely N-dealkylation sites (N-methyl/N-ethyl adjacent to an activating group) is 1. The molecule has 0 heterocycles. The molecule has 0 bridgehead atoms. The summed E-state index contributed by atoms with van der Waals surface area (Å²) in [4.78, 5) is 5.83. The molecule has 0 aromatic heterocycles. The van der Waals surface area contributed by atoms with Crippen LogP contribution in [0.15, 0.2) is 17.1 Å². The van der Waals surface area contributed by atoms with Crippen LogP contribution in [-0.2, 0) is 0 Å². The lowest BCUT2D eigenvalue weighted by Gasteiger charge is -2.05. The number of aliphatic imine (C=N–C) groups is 1. The standard InChI is InChI=1S/C11H13F3N2/c1-16(2)6-5-15-7-8-3-4-9(12)11(14)10(8)13/h3-4,7H,5-6H2,1-2H3. The minimum atomic E-state index is -1.46. The molecule has 0 N–H and O–H groups in total. The van der Waals surface area contributed by atoms with E-state index in [-0.39, 0.29) is 5.56 Å². The Morgan fingerprint density at radius 1 is 1.19 bits per heavy atom. The van der Waals surface area contributed by atoms with Gasteiger partial charge in [-0.3, -0.25) is 4.99 Å². The van der Waals surface area contributed by atoms with Crippen LogP contribution in [0.5, 0.6) is 0 Å². The van der Waals surface area contributed by atoms with E-state index in [1.165, 1.54) is 6.21 Å². The van der Waals surface area contributed by atoms with E-state index in [9.17, 15) is 13.2 Å². The van der Waals surface area contributed by atoms with E-state index in [4.69, 9.17) is 0 Å². The minimum absolute atomic E-state index is 0.0438. The van der Waals surface area contributed by atoms with Gasteiger partial charge in [0, 0.05) is 18.3 Å². The molecule has 2 nitrogen and oxygen atoms in total. The predicted octanol–water partition coefficient (Wildman–Crippen LogP) is 2.08. The zero-order valence-corrected chi connectivity index (χ0v) is 9.17. The highest BCUT2D eigenvalue weighted by Crippen LogP contribution is 2.13. The van der Waals surface area contributed by atoms with Gasteiger partial charge in [-0.2, -0.15) is 0 Å². The molecule has 0 unspecified atom stereocenters. The summed E-state index contributed by atoms with van der Waals surface area (Å²) in [5.41, 5.74) is -0.0438. The van der Waals surface area contributed by atoms with Crippen molar-refractivity contribution in [1.29, 1.82) is 0 Å². The first kappa shape index (κ1) is 12.7. The minimum Gasteiger partial charge on any atom is -0.308 e. The second-order valence-electron chi connectivity index (χ2n) is 3.60. The van der Waals surface area contributed by atoms with E-state index in [0.717, 1.165) is 12.1 Å². The zero-order chi connectivity index (χ0) is 12.1. The first-order valence-electron chi connectivity index (χ1n) is 4.80. The van der Waals surface area contributed by atoms with Gasteiger partial charge < -0.3 is 4.90 Å². The molecule has 0 aliphatic heterocycles. The molecule has 0 amide bonds. The molecule has 0 spiro atoms. The van der Waals surface area contributed by atoms with E-state index in [1.807, 2.05) is 19.0 Å². The second-order valence-corrected chi connectivity index (χ2v) is 3.60. The number of rotatable bonds is 4. The van der Waals surface area contributed by atoms with Gasteiger partial charge in [0.1, 0.15) is 0 Å². The average molecular weight is 230 g/mol. The van der Waals surface area contributed by atoms with Crippen LogP contribution in [0.1, 0.15) is 5.56 Å². The normalized spacial score (nSPS) is 11.6. The van der Waals surface area contributed by atoms with Gasteiger partial charge in [0.25, 0.3) is 0 Å². The van der Waals surface area contributed by atoms with Gasteiger partial charge in [-0.05, 0) is 26.2 Å². The van der Waals surface area contributed by atoms with Crippen molar-refractivity contribution >= 4 is 6.21 Å². The second kappa shape index (κ2) is 5.65. The van der Waals surface area contributed by atoms with E-state index in [0.29, 0.717) is 13.1 Å². The van der Waals surface area contributed by atoms with Crippen LogP contribution >= 0.6 is 0 Å². The Morgan fingerprint density at radius 3 is 2.50 bits per heavy atom. The first-order valence-corrected chi connectivity index (χ1v) is 4.80. The third kappa shape index (κ3) is 3.34. The number of hydrogen-bond acceptors (Lipinski definition) is 2. The lowest BCUT2D eigenvalue weighted by molar-refractivity contribution is 0.420. The van der Waals surface area contributed by atoms with E-state index < -0.39 is 17.5 Å². The van der Waals surface area contributed by atoms with E-state index in [1.54, 1.807) is 0 Å². The number of benzene rings is 1. The number of hydrogen-bond donors (Lipinski definition) is 0. The molecule has 0 aliphatic carbocycles. The van der Waals surface area contributed by atoms with Crippen molar-refractivity contribution in [3.63, 3.8) is 0 Å². The summed E-state index contributed by atoms with van der Waals surface area (Å²) in [6.07, 6.45) is 1.21. The Balaban J connectivity index is 2.71. The summed E-state index contributed by atoms with van der Waals surface area (Å²) in [5.74, 6) is -3.85. The fraction of sp³-hybridized carbons (Fsp3) is 0.364. The lowest BCUT2D eigenvalue weighted by atomic mass is 10.2. The van der Waals surface area contributed by atoms with Crippen molar-refractivity contribution in [2.24, 2.45) is 4.99 Å². The number of nitrogens with zero attached hydrogens (tertiary/aromatic N) is 2. The largest absolute Gasteiger partial charge is 0.308 e. The smallest absolute Gasteiger partial charge is 0.195 e. The highest BCUT2D eigenvalue weighted by Gasteiger charge is 2.11. The monoisotopic (exact) mass is 230 g/mol.